The number of hydrogen-bond donors (Lipinski definition) is 3. The fourth-order valence-corrected chi connectivity index (χ4v) is 1.69. The SMILES string of the molecule is Cc1nc(Nc2cccc(N)c2C)nc(C)c1N. The van der Waals surface area contributed by atoms with E-state index in [9.17, 15) is 0 Å². The highest BCUT2D eigenvalue weighted by molar-refractivity contribution is 5.67. The van der Waals surface area contributed by atoms with Gasteiger partial charge in [0.1, 0.15) is 0 Å². The highest BCUT2D eigenvalue weighted by Crippen LogP contribution is 2.24. The van der Waals surface area contributed by atoms with Gasteiger partial charge in [-0.2, -0.15) is 0 Å². The average Bonchev–Trinajstić information content (AvgIpc) is 2.32. The van der Waals surface area contributed by atoms with Crippen molar-refractivity contribution in [2.45, 2.75) is 20.8 Å². The van der Waals surface area contributed by atoms with Gasteiger partial charge in [0.15, 0.2) is 0 Å². The minimum absolute atomic E-state index is 0.535. The maximum Gasteiger partial charge on any atom is 0.227 e. The predicted molar refractivity (Wildman–Crippen MR) is 74.8 cm³/mol. The highest BCUT2D eigenvalue weighted by atomic mass is 15.1. The minimum Gasteiger partial charge on any atom is -0.398 e. The van der Waals surface area contributed by atoms with Crippen LogP contribution in [0.15, 0.2) is 18.2 Å². The molecule has 5 nitrogen and oxygen atoms in total. The summed E-state index contributed by atoms with van der Waals surface area (Å²) in [6.45, 7) is 5.68. The molecule has 0 fully saturated rings. The summed E-state index contributed by atoms with van der Waals surface area (Å²) in [5.41, 5.74) is 16.5. The zero-order chi connectivity index (χ0) is 13.3. The van der Waals surface area contributed by atoms with Gasteiger partial charge in [-0.15, -0.1) is 0 Å². The maximum atomic E-state index is 5.86. The number of nitrogen functional groups attached to an aromatic ring is 2. The molecule has 0 bridgehead atoms. The molecule has 0 unspecified atom stereocenters. The molecule has 18 heavy (non-hydrogen) atoms. The second-order valence-corrected chi connectivity index (χ2v) is 4.28. The molecule has 0 aliphatic rings. The summed E-state index contributed by atoms with van der Waals surface area (Å²) in [6, 6.07) is 5.69. The molecule has 0 aliphatic carbocycles. The van der Waals surface area contributed by atoms with Crippen LogP contribution in [0.4, 0.5) is 23.0 Å². The van der Waals surface area contributed by atoms with Crippen LogP contribution in [0.2, 0.25) is 0 Å². The van der Waals surface area contributed by atoms with Gasteiger partial charge in [0.25, 0.3) is 0 Å². The molecule has 94 valence electrons. The molecule has 5 N–H and O–H groups in total. The van der Waals surface area contributed by atoms with E-state index in [1.807, 2.05) is 39.0 Å². The lowest BCUT2D eigenvalue weighted by Crippen LogP contribution is -2.06. The van der Waals surface area contributed by atoms with E-state index in [1.165, 1.54) is 0 Å². The Morgan fingerprint density at radius 2 is 1.61 bits per heavy atom. The molecule has 0 spiro atoms. The Morgan fingerprint density at radius 1 is 1.00 bits per heavy atom. The van der Waals surface area contributed by atoms with E-state index in [1.54, 1.807) is 0 Å². The molecule has 0 saturated carbocycles. The fourth-order valence-electron chi connectivity index (χ4n) is 1.69. The number of aryl methyl sites for hydroxylation is 2. The number of nitrogens with zero attached hydrogens (tertiary/aromatic N) is 2. The van der Waals surface area contributed by atoms with Gasteiger partial charge in [0.2, 0.25) is 5.95 Å². The van der Waals surface area contributed by atoms with E-state index in [0.29, 0.717) is 11.6 Å². The topological polar surface area (TPSA) is 89.8 Å². The fraction of sp³-hybridized carbons (Fsp3) is 0.231. The van der Waals surface area contributed by atoms with E-state index < -0.39 is 0 Å². The Labute approximate surface area is 106 Å². The number of aromatic nitrogens is 2. The average molecular weight is 243 g/mol. The largest absolute Gasteiger partial charge is 0.398 e. The molecular weight excluding hydrogens is 226 g/mol. The van der Waals surface area contributed by atoms with Crippen LogP contribution < -0.4 is 16.8 Å². The van der Waals surface area contributed by atoms with Gasteiger partial charge < -0.3 is 16.8 Å². The lowest BCUT2D eigenvalue weighted by Gasteiger charge is -2.12. The number of hydrogen-bond acceptors (Lipinski definition) is 5. The van der Waals surface area contributed by atoms with E-state index in [-0.39, 0.29) is 0 Å². The third-order valence-electron chi connectivity index (χ3n) is 2.95. The molecule has 1 heterocycles. The second-order valence-electron chi connectivity index (χ2n) is 4.28. The Balaban J connectivity index is 2.37. The Morgan fingerprint density at radius 3 is 2.22 bits per heavy atom. The molecule has 0 aliphatic heterocycles. The predicted octanol–water partition coefficient (Wildman–Crippen LogP) is 2.31. The number of rotatable bonds is 2. The summed E-state index contributed by atoms with van der Waals surface area (Å²) in [6.07, 6.45) is 0. The van der Waals surface area contributed by atoms with Gasteiger partial charge in [-0.25, -0.2) is 9.97 Å². The van der Waals surface area contributed by atoms with Crippen molar-refractivity contribution >= 4 is 23.0 Å². The van der Waals surface area contributed by atoms with Gasteiger partial charge in [-0.1, -0.05) is 6.07 Å². The maximum absolute atomic E-state index is 5.86. The van der Waals surface area contributed by atoms with Crippen LogP contribution in [0, 0.1) is 20.8 Å². The van der Waals surface area contributed by atoms with Gasteiger partial charge in [0.05, 0.1) is 17.1 Å². The third kappa shape index (κ3) is 2.20. The molecule has 0 atom stereocenters. The highest BCUT2D eigenvalue weighted by Gasteiger charge is 2.07. The van der Waals surface area contributed by atoms with Crippen molar-refractivity contribution in [1.82, 2.24) is 9.97 Å². The summed E-state index contributed by atoms with van der Waals surface area (Å²) in [5, 5.41) is 3.16. The van der Waals surface area contributed by atoms with E-state index in [2.05, 4.69) is 15.3 Å². The van der Waals surface area contributed by atoms with Crippen LogP contribution in [-0.2, 0) is 0 Å². The lowest BCUT2D eigenvalue weighted by molar-refractivity contribution is 1.07. The Bertz CT molecular complexity index is 569. The van der Waals surface area contributed by atoms with Gasteiger partial charge in [-0.05, 0) is 38.5 Å². The number of benzene rings is 1. The van der Waals surface area contributed by atoms with Gasteiger partial charge in [0, 0.05) is 11.4 Å². The van der Waals surface area contributed by atoms with E-state index in [0.717, 1.165) is 28.3 Å². The standard InChI is InChI=1S/C13H17N5/c1-7-10(14)5-4-6-11(7)18-13-16-8(2)12(15)9(3)17-13/h4-6H,14-15H2,1-3H3,(H,16,17,18). The molecule has 2 aromatic rings. The molecular formula is C13H17N5. The second kappa shape index (κ2) is 4.52. The first kappa shape index (κ1) is 12.2. The smallest absolute Gasteiger partial charge is 0.227 e. The number of anilines is 4. The van der Waals surface area contributed by atoms with E-state index in [4.69, 9.17) is 11.5 Å². The number of nitrogens with one attached hydrogen (secondary N) is 1. The zero-order valence-corrected chi connectivity index (χ0v) is 10.8. The van der Waals surface area contributed by atoms with Gasteiger partial charge >= 0.3 is 0 Å². The van der Waals surface area contributed by atoms with Crippen molar-refractivity contribution in [3.63, 3.8) is 0 Å². The van der Waals surface area contributed by atoms with Crippen LogP contribution in [0.5, 0.6) is 0 Å². The van der Waals surface area contributed by atoms with Crippen molar-refractivity contribution < 1.29 is 0 Å². The third-order valence-corrected chi connectivity index (χ3v) is 2.95. The summed E-state index contributed by atoms with van der Waals surface area (Å²) in [7, 11) is 0. The van der Waals surface area contributed by atoms with Crippen molar-refractivity contribution in [2.75, 3.05) is 16.8 Å². The van der Waals surface area contributed by atoms with Crippen LogP contribution in [0.3, 0.4) is 0 Å². The first-order valence-corrected chi connectivity index (χ1v) is 5.72. The molecule has 0 amide bonds. The molecule has 5 heteroatoms. The van der Waals surface area contributed by atoms with Crippen LogP contribution in [-0.4, -0.2) is 9.97 Å². The quantitative estimate of drug-likeness (QED) is 0.704. The van der Waals surface area contributed by atoms with Crippen LogP contribution >= 0.6 is 0 Å². The first-order valence-electron chi connectivity index (χ1n) is 5.72. The molecule has 2 rings (SSSR count). The lowest BCUT2D eigenvalue weighted by atomic mass is 10.1. The molecule has 1 aromatic heterocycles. The van der Waals surface area contributed by atoms with E-state index >= 15 is 0 Å². The van der Waals surface area contributed by atoms with Crippen molar-refractivity contribution in [1.29, 1.82) is 0 Å². The molecule has 0 radical (unpaired) electrons. The Kier molecular flexibility index (Phi) is 3.06. The summed E-state index contributed by atoms with van der Waals surface area (Å²) < 4.78 is 0. The van der Waals surface area contributed by atoms with Crippen LogP contribution in [0.1, 0.15) is 17.0 Å². The summed E-state index contributed by atoms with van der Waals surface area (Å²) in [4.78, 5) is 8.62. The van der Waals surface area contributed by atoms with Crippen molar-refractivity contribution in [3.8, 4) is 0 Å². The van der Waals surface area contributed by atoms with Crippen LogP contribution in [0.25, 0.3) is 0 Å². The molecule has 0 saturated heterocycles. The molecule has 1 aromatic carbocycles. The normalized spacial score (nSPS) is 10.4. The minimum atomic E-state index is 0.535. The monoisotopic (exact) mass is 243 g/mol. The first-order chi connectivity index (χ1) is 8.49. The van der Waals surface area contributed by atoms with Crippen molar-refractivity contribution in [3.05, 3.63) is 35.2 Å². The zero-order valence-electron chi connectivity index (χ0n) is 10.8. The Hall–Kier alpha value is -2.30. The van der Waals surface area contributed by atoms with Crippen molar-refractivity contribution in [2.24, 2.45) is 0 Å². The number of nitrogens with two attached hydrogens (primary N) is 2. The summed E-state index contributed by atoms with van der Waals surface area (Å²) >= 11 is 0. The summed E-state index contributed by atoms with van der Waals surface area (Å²) in [5.74, 6) is 0.535. The van der Waals surface area contributed by atoms with Gasteiger partial charge in [-0.3, -0.25) is 0 Å².